The largest absolute Gasteiger partial charge is 0.461 e. The van der Waals surface area contributed by atoms with Crippen molar-refractivity contribution in [2.24, 2.45) is 0 Å². The van der Waals surface area contributed by atoms with E-state index in [1.165, 1.54) is 23.6 Å². The molecule has 8 heteroatoms. The van der Waals surface area contributed by atoms with Crippen molar-refractivity contribution < 1.29 is 29.0 Å². The van der Waals surface area contributed by atoms with Crippen molar-refractivity contribution in [3.05, 3.63) is 11.3 Å². The smallest absolute Gasteiger partial charge is 0.355 e. The van der Waals surface area contributed by atoms with Gasteiger partial charge in [0.25, 0.3) is 5.91 Å². The Morgan fingerprint density at radius 3 is 2.59 bits per heavy atom. The van der Waals surface area contributed by atoms with Crippen LogP contribution < -0.4 is 0 Å². The van der Waals surface area contributed by atoms with Crippen molar-refractivity contribution in [2.75, 3.05) is 12.4 Å². The lowest BCUT2D eigenvalue weighted by molar-refractivity contribution is -0.164. The summed E-state index contributed by atoms with van der Waals surface area (Å²) in [5.74, 6) is -1.29. The van der Waals surface area contributed by atoms with Gasteiger partial charge in [-0.3, -0.25) is 14.5 Å². The Morgan fingerprint density at radius 2 is 2.05 bits per heavy atom. The first-order chi connectivity index (χ1) is 10.1. The van der Waals surface area contributed by atoms with Gasteiger partial charge in [-0.1, -0.05) is 0 Å². The summed E-state index contributed by atoms with van der Waals surface area (Å²) in [6, 6.07) is 0. The minimum absolute atomic E-state index is 0.0789. The van der Waals surface area contributed by atoms with Crippen LogP contribution in [0.2, 0.25) is 0 Å². The van der Waals surface area contributed by atoms with Crippen LogP contribution in [0.5, 0.6) is 0 Å². The highest BCUT2D eigenvalue weighted by molar-refractivity contribution is 8.00. The minimum Gasteiger partial charge on any atom is -0.461 e. The number of carbonyl (C=O) groups excluding carboxylic acids is 3. The quantitative estimate of drug-likeness (QED) is 0.592. The summed E-state index contributed by atoms with van der Waals surface area (Å²) in [6.45, 7) is 6.35. The van der Waals surface area contributed by atoms with Crippen LogP contribution in [-0.2, 0) is 23.9 Å². The molecule has 1 unspecified atom stereocenters. The monoisotopic (exact) mass is 329 g/mol. The molecule has 1 amide bonds. The molecule has 0 aromatic carbocycles. The molecule has 122 valence electrons. The lowest BCUT2D eigenvalue weighted by Crippen LogP contribution is -2.65. The molecule has 0 bridgehead atoms. The minimum atomic E-state index is -1.11. The van der Waals surface area contributed by atoms with E-state index in [2.05, 4.69) is 0 Å². The molecule has 22 heavy (non-hydrogen) atoms. The number of hydrogen-bond acceptors (Lipinski definition) is 7. The third kappa shape index (κ3) is 3.27. The molecule has 2 aliphatic rings. The number of hydrogen-bond donors (Lipinski definition) is 1. The van der Waals surface area contributed by atoms with Crippen molar-refractivity contribution >= 4 is 29.6 Å². The molecular weight excluding hydrogens is 310 g/mol. The Bertz CT molecular complexity index is 550. The summed E-state index contributed by atoms with van der Waals surface area (Å²) in [6.07, 6.45) is -1.11. The Hall–Kier alpha value is -1.54. The first-order valence-electron chi connectivity index (χ1n) is 6.83. The van der Waals surface area contributed by atoms with Crippen molar-refractivity contribution in [3.63, 3.8) is 0 Å². The molecule has 0 aliphatic carbocycles. The molecule has 0 radical (unpaired) electrons. The van der Waals surface area contributed by atoms with E-state index in [4.69, 9.17) is 9.47 Å². The molecule has 7 nitrogen and oxygen atoms in total. The summed E-state index contributed by atoms with van der Waals surface area (Å²) in [5.41, 5.74) is -0.135. The number of rotatable bonds is 3. The molecule has 0 saturated carbocycles. The van der Waals surface area contributed by atoms with Gasteiger partial charge in [0.15, 0.2) is 6.10 Å². The van der Waals surface area contributed by atoms with Gasteiger partial charge in [0.05, 0.1) is 0 Å². The molecule has 0 spiro atoms. The van der Waals surface area contributed by atoms with Crippen molar-refractivity contribution in [1.82, 2.24) is 4.90 Å². The molecule has 2 atom stereocenters. The fourth-order valence-electron chi connectivity index (χ4n) is 2.14. The Labute approximate surface area is 132 Å². The molecule has 2 rings (SSSR count). The summed E-state index contributed by atoms with van der Waals surface area (Å²) in [7, 11) is 0. The SMILES string of the molecule is CC(=O)OCC1=C(C(=O)OC(C)(C)C)N2C(=O)[C@@H](O)C2SC1. The second-order valence-corrected chi connectivity index (χ2v) is 7.19. The van der Waals surface area contributed by atoms with E-state index in [-0.39, 0.29) is 12.3 Å². The van der Waals surface area contributed by atoms with Gasteiger partial charge in [-0.05, 0) is 20.8 Å². The first-order valence-corrected chi connectivity index (χ1v) is 7.88. The van der Waals surface area contributed by atoms with Gasteiger partial charge in [-0.2, -0.15) is 0 Å². The maximum Gasteiger partial charge on any atom is 0.355 e. The van der Waals surface area contributed by atoms with Gasteiger partial charge < -0.3 is 14.6 Å². The normalized spacial score (nSPS) is 24.6. The van der Waals surface area contributed by atoms with Gasteiger partial charge in [0, 0.05) is 18.2 Å². The van der Waals surface area contributed by atoms with Crippen molar-refractivity contribution in [1.29, 1.82) is 0 Å². The van der Waals surface area contributed by atoms with Crippen LogP contribution in [0.4, 0.5) is 0 Å². The predicted molar refractivity (Wildman–Crippen MR) is 78.6 cm³/mol. The molecule has 1 N–H and O–H groups in total. The molecule has 0 aromatic heterocycles. The van der Waals surface area contributed by atoms with Crippen LogP contribution in [0.25, 0.3) is 0 Å². The molecule has 2 aliphatic heterocycles. The summed E-state index contributed by atoms with van der Waals surface area (Å²) in [5, 5.41) is 9.19. The maximum absolute atomic E-state index is 12.4. The van der Waals surface area contributed by atoms with Gasteiger partial charge in [0.1, 0.15) is 23.3 Å². The number of β-lactam (4-membered cyclic amide) rings is 1. The Morgan fingerprint density at radius 1 is 1.41 bits per heavy atom. The number of aliphatic hydroxyl groups is 1. The number of amides is 1. The number of aliphatic hydroxyl groups excluding tert-OH is 1. The van der Waals surface area contributed by atoms with E-state index in [0.717, 1.165) is 0 Å². The van der Waals surface area contributed by atoms with E-state index >= 15 is 0 Å². The first kappa shape index (κ1) is 16.8. The summed E-state index contributed by atoms with van der Waals surface area (Å²) >= 11 is 1.32. The number of thioether (sulfide) groups is 1. The zero-order valence-corrected chi connectivity index (χ0v) is 13.7. The highest BCUT2D eigenvalue weighted by atomic mass is 32.2. The average Bonchev–Trinajstić information content (AvgIpc) is 2.41. The van der Waals surface area contributed by atoms with Gasteiger partial charge >= 0.3 is 11.9 Å². The standard InChI is InChI=1S/C14H19NO6S/c1-7(16)20-5-8-6-22-12-10(17)11(18)15(12)9(8)13(19)21-14(2,3)4/h10,12,17H,5-6H2,1-4H3/t10-,12?/m1/s1. The summed E-state index contributed by atoms with van der Waals surface area (Å²) in [4.78, 5) is 36.5. The molecule has 1 saturated heterocycles. The zero-order valence-electron chi connectivity index (χ0n) is 12.9. The third-order valence-electron chi connectivity index (χ3n) is 3.06. The van der Waals surface area contributed by atoms with E-state index in [0.29, 0.717) is 11.3 Å². The number of nitrogens with zero attached hydrogens (tertiary/aromatic N) is 1. The van der Waals surface area contributed by atoms with E-state index in [1.54, 1.807) is 20.8 Å². The second kappa shape index (κ2) is 5.92. The highest BCUT2D eigenvalue weighted by Crippen LogP contribution is 2.40. The Kier molecular flexibility index (Phi) is 4.53. The average molecular weight is 329 g/mol. The van der Waals surface area contributed by atoms with Crippen LogP contribution in [0.15, 0.2) is 11.3 Å². The lowest BCUT2D eigenvalue weighted by Gasteiger charge is -2.47. The Balaban J connectivity index is 2.30. The molecule has 0 aromatic rings. The van der Waals surface area contributed by atoms with Crippen LogP contribution in [-0.4, -0.2) is 57.3 Å². The van der Waals surface area contributed by atoms with Crippen molar-refractivity contribution in [2.45, 2.75) is 44.8 Å². The number of fused-ring (bicyclic) bond motifs is 1. The maximum atomic E-state index is 12.4. The van der Waals surface area contributed by atoms with Gasteiger partial charge in [-0.25, -0.2) is 4.79 Å². The molecule has 1 fully saturated rings. The van der Waals surface area contributed by atoms with Crippen LogP contribution >= 0.6 is 11.8 Å². The van der Waals surface area contributed by atoms with E-state index in [9.17, 15) is 19.5 Å². The number of esters is 2. The van der Waals surface area contributed by atoms with Crippen LogP contribution in [0.1, 0.15) is 27.7 Å². The summed E-state index contributed by atoms with van der Waals surface area (Å²) < 4.78 is 10.3. The number of ether oxygens (including phenoxy) is 2. The van der Waals surface area contributed by atoms with Crippen LogP contribution in [0.3, 0.4) is 0 Å². The topological polar surface area (TPSA) is 93.1 Å². The number of carbonyl (C=O) groups is 3. The molecular formula is C14H19NO6S. The lowest BCUT2D eigenvalue weighted by atomic mass is 10.1. The van der Waals surface area contributed by atoms with Gasteiger partial charge in [0.2, 0.25) is 0 Å². The highest BCUT2D eigenvalue weighted by Gasteiger charge is 2.53. The fourth-order valence-corrected chi connectivity index (χ4v) is 3.39. The third-order valence-corrected chi connectivity index (χ3v) is 4.39. The van der Waals surface area contributed by atoms with E-state index in [1.807, 2.05) is 0 Å². The van der Waals surface area contributed by atoms with E-state index < -0.39 is 34.9 Å². The van der Waals surface area contributed by atoms with Crippen molar-refractivity contribution in [3.8, 4) is 0 Å². The fraction of sp³-hybridized carbons (Fsp3) is 0.643. The predicted octanol–water partition coefficient (Wildman–Crippen LogP) is 0.421. The van der Waals surface area contributed by atoms with Crippen LogP contribution in [0, 0.1) is 0 Å². The molecule has 2 heterocycles. The van der Waals surface area contributed by atoms with Gasteiger partial charge in [-0.15, -0.1) is 11.8 Å². The second-order valence-electron chi connectivity index (χ2n) is 6.09. The zero-order chi connectivity index (χ0) is 16.7.